The van der Waals surface area contributed by atoms with Crippen LogP contribution in [-0.4, -0.2) is 49.6 Å². The summed E-state index contributed by atoms with van der Waals surface area (Å²) >= 11 is 0. The Morgan fingerprint density at radius 2 is 1.77 bits per heavy atom. The Hall–Kier alpha value is -5.25. The molecular formula is C31H27F3N8O2. The topological polar surface area (TPSA) is 143 Å². The molecule has 10 nitrogen and oxygen atoms in total. The van der Waals surface area contributed by atoms with Gasteiger partial charge in [0.05, 0.1) is 17.0 Å². The smallest absolute Gasteiger partial charge is 0.383 e. The maximum atomic E-state index is 13.2. The molecule has 1 saturated carbocycles. The summed E-state index contributed by atoms with van der Waals surface area (Å²) in [6.45, 7) is 0.902. The number of hydrogen-bond acceptors (Lipinski definition) is 7. The van der Waals surface area contributed by atoms with Crippen LogP contribution in [0.4, 0.5) is 24.7 Å². The predicted molar refractivity (Wildman–Crippen MR) is 156 cm³/mol. The van der Waals surface area contributed by atoms with Gasteiger partial charge in [-0.15, -0.1) is 0 Å². The highest BCUT2D eigenvalue weighted by molar-refractivity contribution is 6.04. The maximum Gasteiger partial charge on any atom is 0.416 e. The second kappa shape index (κ2) is 11.4. The summed E-state index contributed by atoms with van der Waals surface area (Å²) in [4.78, 5) is 36.1. The lowest BCUT2D eigenvalue weighted by atomic mass is 10.0. The van der Waals surface area contributed by atoms with E-state index < -0.39 is 17.6 Å². The molecule has 13 heteroatoms. The molecule has 0 bridgehead atoms. The molecule has 1 unspecified atom stereocenters. The van der Waals surface area contributed by atoms with Gasteiger partial charge in [-0.05, 0) is 68.0 Å². The van der Waals surface area contributed by atoms with Crippen LogP contribution in [0.2, 0.25) is 0 Å². The van der Waals surface area contributed by atoms with Crippen LogP contribution in [0.15, 0.2) is 66.5 Å². The fourth-order valence-corrected chi connectivity index (χ4v) is 5.34. The van der Waals surface area contributed by atoms with Gasteiger partial charge in [0.2, 0.25) is 0 Å². The highest BCUT2D eigenvalue weighted by Crippen LogP contribution is 2.35. The third-order valence-electron chi connectivity index (χ3n) is 7.81. The van der Waals surface area contributed by atoms with Gasteiger partial charge < -0.3 is 16.0 Å². The molecular weight excluding hydrogens is 573 g/mol. The molecule has 2 amide bonds. The van der Waals surface area contributed by atoms with Crippen molar-refractivity contribution in [2.75, 3.05) is 24.1 Å². The van der Waals surface area contributed by atoms with E-state index in [0.29, 0.717) is 47.0 Å². The van der Waals surface area contributed by atoms with E-state index in [9.17, 15) is 28.0 Å². The van der Waals surface area contributed by atoms with E-state index in [1.54, 1.807) is 39.9 Å². The average molecular weight is 601 g/mol. The van der Waals surface area contributed by atoms with E-state index in [0.717, 1.165) is 49.9 Å². The predicted octanol–water partition coefficient (Wildman–Crippen LogP) is 5.37. The molecule has 44 heavy (non-hydrogen) atoms. The molecule has 1 aliphatic heterocycles. The van der Waals surface area contributed by atoms with Gasteiger partial charge in [-0.2, -0.15) is 23.5 Å². The number of benzene rings is 2. The summed E-state index contributed by atoms with van der Waals surface area (Å²) in [6, 6.07) is 12.6. The van der Waals surface area contributed by atoms with Crippen LogP contribution in [0.1, 0.15) is 47.6 Å². The first kappa shape index (κ1) is 28.9. The number of rotatable bonds is 6. The molecule has 6 rings (SSSR count). The highest BCUT2D eigenvalue weighted by atomic mass is 19.4. The molecule has 0 spiro atoms. The first-order chi connectivity index (χ1) is 21.1. The SMILES string of the molecule is N#CC(=CC1CC1)C(=O)N1CCCC(n2nc(-c3ccc(NC(=O)c4ccc(C(F)(F)F)cc4)cc3)c3c(N)ncnc32)C1. The number of nitrogens with one attached hydrogen (secondary N) is 1. The Labute approximate surface area is 250 Å². The van der Waals surface area contributed by atoms with E-state index in [-0.39, 0.29) is 28.9 Å². The molecule has 3 N–H and O–H groups in total. The fraction of sp³-hybridized carbons (Fsp3) is 0.290. The van der Waals surface area contributed by atoms with Crippen molar-refractivity contribution in [3.8, 4) is 17.3 Å². The van der Waals surface area contributed by atoms with Crippen LogP contribution in [0, 0.1) is 17.2 Å². The Morgan fingerprint density at radius 3 is 2.43 bits per heavy atom. The van der Waals surface area contributed by atoms with Gasteiger partial charge in [-0.25, -0.2) is 14.6 Å². The molecule has 1 atom stereocenters. The lowest BCUT2D eigenvalue weighted by molar-refractivity contribution is -0.137. The Bertz CT molecular complexity index is 1800. The normalized spacial score (nSPS) is 17.4. The van der Waals surface area contributed by atoms with Crippen molar-refractivity contribution >= 4 is 34.4 Å². The van der Waals surface area contributed by atoms with Crippen molar-refractivity contribution in [3.05, 3.63) is 77.6 Å². The molecule has 2 aromatic carbocycles. The van der Waals surface area contributed by atoms with Crippen LogP contribution in [-0.2, 0) is 11.0 Å². The lowest BCUT2D eigenvalue weighted by Gasteiger charge is -2.32. The zero-order chi connectivity index (χ0) is 31.0. The Kier molecular flexibility index (Phi) is 7.50. The van der Waals surface area contributed by atoms with Crippen LogP contribution < -0.4 is 11.1 Å². The number of piperidine rings is 1. The molecule has 224 valence electrons. The van der Waals surface area contributed by atoms with Gasteiger partial charge in [-0.1, -0.05) is 18.2 Å². The third-order valence-corrected chi connectivity index (χ3v) is 7.81. The molecule has 2 fully saturated rings. The number of carbonyl (C=O) groups excluding carboxylic acids is 2. The Balaban J connectivity index is 1.24. The minimum Gasteiger partial charge on any atom is -0.383 e. The summed E-state index contributed by atoms with van der Waals surface area (Å²) in [5, 5.41) is 17.7. The maximum absolute atomic E-state index is 13.2. The molecule has 2 aliphatic rings. The zero-order valence-electron chi connectivity index (χ0n) is 23.4. The highest BCUT2D eigenvalue weighted by Gasteiger charge is 2.32. The minimum atomic E-state index is -4.49. The molecule has 0 radical (unpaired) electrons. The number of aromatic nitrogens is 4. The molecule has 4 aromatic rings. The summed E-state index contributed by atoms with van der Waals surface area (Å²) < 4.78 is 40.3. The second-order valence-corrected chi connectivity index (χ2v) is 10.9. The van der Waals surface area contributed by atoms with Gasteiger partial charge in [0.1, 0.15) is 29.5 Å². The molecule has 2 aromatic heterocycles. The van der Waals surface area contributed by atoms with Crippen LogP contribution >= 0.6 is 0 Å². The van der Waals surface area contributed by atoms with Crippen molar-refractivity contribution in [2.45, 2.75) is 37.9 Å². The van der Waals surface area contributed by atoms with Gasteiger partial charge >= 0.3 is 6.18 Å². The van der Waals surface area contributed by atoms with Crippen molar-refractivity contribution in [1.29, 1.82) is 5.26 Å². The lowest BCUT2D eigenvalue weighted by Crippen LogP contribution is -2.41. The number of nitrogens with zero attached hydrogens (tertiary/aromatic N) is 6. The number of amides is 2. The number of fused-ring (bicyclic) bond motifs is 1. The summed E-state index contributed by atoms with van der Waals surface area (Å²) in [7, 11) is 0. The van der Waals surface area contributed by atoms with Gasteiger partial charge in [0.25, 0.3) is 11.8 Å². The fourth-order valence-electron chi connectivity index (χ4n) is 5.34. The van der Waals surface area contributed by atoms with Crippen molar-refractivity contribution in [3.63, 3.8) is 0 Å². The third kappa shape index (κ3) is 5.83. The first-order valence-electron chi connectivity index (χ1n) is 14.1. The summed E-state index contributed by atoms with van der Waals surface area (Å²) in [6.07, 6.45) is 2.11. The monoisotopic (exact) mass is 600 g/mol. The molecule has 1 saturated heterocycles. The van der Waals surface area contributed by atoms with Gasteiger partial charge in [0.15, 0.2) is 5.65 Å². The average Bonchev–Trinajstić information content (AvgIpc) is 3.76. The summed E-state index contributed by atoms with van der Waals surface area (Å²) in [5.74, 6) is -0.291. The Morgan fingerprint density at radius 1 is 1.05 bits per heavy atom. The number of anilines is 2. The standard InChI is InChI=1S/C31H27F3N8O2/c32-31(33,34)22-9-5-20(6-10-22)29(43)39-23-11-7-19(8-12-23)26-25-27(36)37-17-38-28(25)42(40-26)24-2-1-13-41(16-24)30(44)21(15-35)14-18-3-4-18/h5-12,14,17-18,24H,1-4,13,16H2,(H,39,43)(H2,36,37,38). The van der Waals surface area contributed by atoms with Gasteiger partial charge in [-0.3, -0.25) is 9.59 Å². The minimum absolute atomic E-state index is 0.0849. The largest absolute Gasteiger partial charge is 0.416 e. The quantitative estimate of drug-likeness (QED) is 0.224. The molecule has 1 aliphatic carbocycles. The number of nitriles is 1. The number of nitrogen functional groups attached to an aromatic ring is 1. The number of allylic oxidation sites excluding steroid dienone is 1. The zero-order valence-corrected chi connectivity index (χ0v) is 23.4. The number of alkyl halides is 3. The van der Waals surface area contributed by atoms with Crippen molar-refractivity contribution in [2.24, 2.45) is 5.92 Å². The number of hydrogen-bond donors (Lipinski definition) is 2. The van der Waals surface area contributed by atoms with E-state index in [4.69, 9.17) is 10.8 Å². The second-order valence-electron chi connectivity index (χ2n) is 10.9. The first-order valence-corrected chi connectivity index (χ1v) is 14.1. The summed E-state index contributed by atoms with van der Waals surface area (Å²) in [5.41, 5.74) is 7.85. The van der Waals surface area contributed by atoms with Crippen molar-refractivity contribution in [1.82, 2.24) is 24.6 Å². The van der Waals surface area contributed by atoms with Crippen molar-refractivity contribution < 1.29 is 22.8 Å². The van der Waals surface area contributed by atoms with Crippen LogP contribution in [0.25, 0.3) is 22.3 Å². The van der Waals surface area contributed by atoms with E-state index in [1.807, 2.05) is 0 Å². The van der Waals surface area contributed by atoms with Crippen LogP contribution in [0.5, 0.6) is 0 Å². The van der Waals surface area contributed by atoms with E-state index in [1.165, 1.54) is 6.33 Å². The van der Waals surface area contributed by atoms with Crippen LogP contribution in [0.3, 0.4) is 0 Å². The van der Waals surface area contributed by atoms with E-state index in [2.05, 4.69) is 21.4 Å². The molecule has 3 heterocycles. The number of likely N-dealkylation sites (tertiary alicyclic amines) is 1. The van der Waals surface area contributed by atoms with Gasteiger partial charge in [0, 0.05) is 29.9 Å². The number of nitrogens with two attached hydrogens (primary N) is 1. The van der Waals surface area contributed by atoms with E-state index >= 15 is 0 Å². The number of carbonyl (C=O) groups is 2. The number of halogens is 3.